The van der Waals surface area contributed by atoms with Crippen LogP contribution in [0.25, 0.3) is 0 Å². The first-order chi connectivity index (χ1) is 9.32. The number of alkyl halides is 1. The summed E-state index contributed by atoms with van der Waals surface area (Å²) in [5.41, 5.74) is 0.549. The van der Waals surface area contributed by atoms with Gasteiger partial charge in [-0.2, -0.15) is 0 Å². The first-order valence-corrected chi connectivity index (χ1v) is 7.00. The van der Waals surface area contributed by atoms with E-state index in [-0.39, 0.29) is 23.7 Å². The number of oxazole rings is 1. The Morgan fingerprint density at radius 3 is 2.70 bits per heavy atom. The minimum absolute atomic E-state index is 0.116. The van der Waals surface area contributed by atoms with Gasteiger partial charge in [-0.1, -0.05) is 20.8 Å². The molecule has 0 aliphatic heterocycles. The Balaban J connectivity index is 2.24. The molecular formula is C15H22FNO3. The lowest BCUT2D eigenvalue weighted by Crippen LogP contribution is -2.31. The number of hydrogen-bond acceptors (Lipinski definition) is 4. The van der Waals surface area contributed by atoms with Crippen molar-refractivity contribution in [3.63, 3.8) is 0 Å². The summed E-state index contributed by atoms with van der Waals surface area (Å²) in [5.74, 6) is -0.313. The molecule has 20 heavy (non-hydrogen) atoms. The monoisotopic (exact) mass is 283 g/mol. The van der Waals surface area contributed by atoms with E-state index in [0.29, 0.717) is 18.7 Å². The average Bonchev–Trinajstić information content (AvgIpc) is 2.87. The summed E-state index contributed by atoms with van der Waals surface area (Å²) >= 11 is 0. The van der Waals surface area contributed by atoms with Gasteiger partial charge in [-0.3, -0.25) is 4.79 Å². The minimum atomic E-state index is -0.940. The number of halogens is 1. The first kappa shape index (κ1) is 15.0. The Labute approximate surface area is 118 Å². The lowest BCUT2D eigenvalue weighted by Gasteiger charge is -2.30. The Bertz CT molecular complexity index is 478. The van der Waals surface area contributed by atoms with Gasteiger partial charge in [-0.05, 0) is 19.3 Å². The predicted molar refractivity (Wildman–Crippen MR) is 72.2 cm³/mol. The molecule has 0 bridgehead atoms. The van der Waals surface area contributed by atoms with E-state index in [1.807, 2.05) is 20.8 Å². The van der Waals surface area contributed by atoms with Gasteiger partial charge in [0, 0.05) is 11.3 Å². The van der Waals surface area contributed by atoms with Crippen molar-refractivity contribution in [1.29, 1.82) is 0 Å². The number of nitrogens with zero attached hydrogens (tertiary/aromatic N) is 1. The second kappa shape index (κ2) is 5.54. The van der Waals surface area contributed by atoms with Crippen LogP contribution in [-0.4, -0.2) is 24.2 Å². The number of hydrogen-bond donors (Lipinski definition) is 0. The van der Waals surface area contributed by atoms with Crippen molar-refractivity contribution < 1.29 is 18.3 Å². The highest BCUT2D eigenvalue weighted by Gasteiger charge is 2.39. The lowest BCUT2D eigenvalue weighted by molar-refractivity contribution is -0.148. The maximum Gasteiger partial charge on any atom is 0.309 e. The number of aromatic nitrogens is 1. The summed E-state index contributed by atoms with van der Waals surface area (Å²) < 4.78 is 23.9. The third kappa shape index (κ3) is 3.02. The normalized spacial score (nSPS) is 27.4. The van der Waals surface area contributed by atoms with Crippen molar-refractivity contribution >= 4 is 5.97 Å². The number of ether oxygens (including phenoxy) is 1. The first-order valence-electron chi connectivity index (χ1n) is 7.00. The van der Waals surface area contributed by atoms with Crippen LogP contribution in [0, 0.1) is 5.92 Å². The SMILES string of the molecule is COC(=O)C1CC(F)CCC1c1coc(C(C)(C)C)n1. The summed E-state index contributed by atoms with van der Waals surface area (Å²) in [6, 6.07) is 0. The zero-order valence-corrected chi connectivity index (χ0v) is 12.5. The van der Waals surface area contributed by atoms with Crippen LogP contribution in [0.1, 0.15) is 57.5 Å². The Morgan fingerprint density at radius 1 is 1.45 bits per heavy atom. The Hall–Kier alpha value is -1.39. The molecule has 3 unspecified atom stereocenters. The van der Waals surface area contributed by atoms with Crippen LogP contribution in [0.4, 0.5) is 4.39 Å². The molecule has 3 atom stereocenters. The van der Waals surface area contributed by atoms with Gasteiger partial charge in [-0.15, -0.1) is 0 Å². The van der Waals surface area contributed by atoms with E-state index in [1.165, 1.54) is 7.11 Å². The molecule has 1 aliphatic rings. The van der Waals surface area contributed by atoms with E-state index in [2.05, 4.69) is 4.98 Å². The predicted octanol–water partition coefficient (Wildman–Crippen LogP) is 3.37. The summed E-state index contributed by atoms with van der Waals surface area (Å²) in [7, 11) is 1.34. The van der Waals surface area contributed by atoms with Crippen molar-refractivity contribution in [3.8, 4) is 0 Å². The molecule has 4 nitrogen and oxygen atoms in total. The van der Waals surface area contributed by atoms with Crippen LogP contribution in [0.5, 0.6) is 0 Å². The second-order valence-corrected chi connectivity index (χ2v) is 6.47. The van der Waals surface area contributed by atoms with Crippen LogP contribution in [0.3, 0.4) is 0 Å². The summed E-state index contributed by atoms with van der Waals surface area (Å²) in [4.78, 5) is 16.4. The number of rotatable bonds is 2. The number of carbonyl (C=O) groups excluding carboxylic acids is 1. The fraction of sp³-hybridized carbons (Fsp3) is 0.733. The molecule has 0 radical (unpaired) electrons. The average molecular weight is 283 g/mol. The Morgan fingerprint density at radius 2 is 2.15 bits per heavy atom. The minimum Gasteiger partial charge on any atom is -0.469 e. The van der Waals surface area contributed by atoms with Gasteiger partial charge in [0.15, 0.2) is 5.89 Å². The van der Waals surface area contributed by atoms with Crippen LogP contribution < -0.4 is 0 Å². The van der Waals surface area contributed by atoms with Gasteiger partial charge in [0.2, 0.25) is 0 Å². The molecule has 5 heteroatoms. The largest absolute Gasteiger partial charge is 0.469 e. The van der Waals surface area contributed by atoms with Crippen LogP contribution in [0.2, 0.25) is 0 Å². The highest BCUT2D eigenvalue weighted by Crippen LogP contribution is 2.40. The van der Waals surface area contributed by atoms with Crippen molar-refractivity contribution in [2.24, 2.45) is 5.92 Å². The van der Waals surface area contributed by atoms with Gasteiger partial charge in [0.25, 0.3) is 0 Å². The van der Waals surface area contributed by atoms with Gasteiger partial charge in [-0.25, -0.2) is 9.37 Å². The molecule has 1 aromatic rings. The van der Waals surface area contributed by atoms with E-state index < -0.39 is 12.1 Å². The summed E-state index contributed by atoms with van der Waals surface area (Å²) in [6.45, 7) is 6.04. The Kier molecular flexibility index (Phi) is 4.16. The third-order valence-corrected chi connectivity index (χ3v) is 3.83. The van der Waals surface area contributed by atoms with Crippen molar-refractivity contribution in [2.75, 3.05) is 7.11 Å². The molecule has 1 saturated carbocycles. The molecule has 1 heterocycles. The van der Waals surface area contributed by atoms with Crippen LogP contribution >= 0.6 is 0 Å². The van der Waals surface area contributed by atoms with Crippen molar-refractivity contribution in [1.82, 2.24) is 4.98 Å². The highest BCUT2D eigenvalue weighted by atomic mass is 19.1. The van der Waals surface area contributed by atoms with E-state index in [4.69, 9.17) is 9.15 Å². The zero-order valence-electron chi connectivity index (χ0n) is 12.5. The highest BCUT2D eigenvalue weighted by molar-refractivity contribution is 5.73. The summed E-state index contributed by atoms with van der Waals surface area (Å²) in [6.07, 6.45) is 1.91. The number of esters is 1. The van der Waals surface area contributed by atoms with Gasteiger partial charge < -0.3 is 9.15 Å². The van der Waals surface area contributed by atoms with E-state index in [1.54, 1.807) is 6.26 Å². The molecule has 1 fully saturated rings. The van der Waals surface area contributed by atoms with Gasteiger partial charge >= 0.3 is 5.97 Å². The summed E-state index contributed by atoms with van der Waals surface area (Å²) in [5, 5.41) is 0. The molecule has 1 aromatic heterocycles. The second-order valence-electron chi connectivity index (χ2n) is 6.47. The molecule has 112 valence electrons. The van der Waals surface area contributed by atoms with E-state index >= 15 is 0 Å². The van der Waals surface area contributed by atoms with Gasteiger partial charge in [0.1, 0.15) is 12.4 Å². The molecule has 2 rings (SSSR count). The van der Waals surface area contributed by atoms with Crippen molar-refractivity contribution in [3.05, 3.63) is 17.8 Å². The van der Waals surface area contributed by atoms with Crippen LogP contribution in [0.15, 0.2) is 10.7 Å². The molecule has 0 N–H and O–H groups in total. The maximum atomic E-state index is 13.6. The fourth-order valence-corrected chi connectivity index (χ4v) is 2.69. The molecule has 0 spiro atoms. The quantitative estimate of drug-likeness (QED) is 0.781. The van der Waals surface area contributed by atoms with Crippen LogP contribution in [-0.2, 0) is 14.9 Å². The van der Waals surface area contributed by atoms with Crippen molar-refractivity contribution in [2.45, 2.75) is 57.5 Å². The topological polar surface area (TPSA) is 52.3 Å². The van der Waals surface area contributed by atoms with E-state index in [9.17, 15) is 9.18 Å². The lowest BCUT2D eigenvalue weighted by atomic mass is 9.77. The van der Waals surface area contributed by atoms with E-state index in [0.717, 1.165) is 5.69 Å². The molecule has 0 aromatic carbocycles. The molecule has 0 amide bonds. The zero-order chi connectivity index (χ0) is 14.9. The number of carbonyl (C=O) groups is 1. The molecular weight excluding hydrogens is 261 g/mol. The number of methoxy groups -OCH3 is 1. The molecule has 1 aliphatic carbocycles. The molecule has 0 saturated heterocycles. The third-order valence-electron chi connectivity index (χ3n) is 3.83. The maximum absolute atomic E-state index is 13.6. The standard InChI is InChI=1S/C15H22FNO3/c1-15(2,3)14-17-12(8-20-14)10-6-5-9(16)7-11(10)13(18)19-4/h8-11H,5-7H2,1-4H3. The van der Waals surface area contributed by atoms with Gasteiger partial charge in [0.05, 0.1) is 18.7 Å². The fourth-order valence-electron chi connectivity index (χ4n) is 2.69. The smallest absolute Gasteiger partial charge is 0.309 e.